The van der Waals surface area contributed by atoms with Crippen LogP contribution in [0.5, 0.6) is 0 Å². The summed E-state index contributed by atoms with van der Waals surface area (Å²) < 4.78 is 5.17. The number of likely N-dealkylation sites (tertiary alicyclic amines) is 1. The number of nitrogens with zero attached hydrogens (tertiary/aromatic N) is 1. The minimum atomic E-state index is -0.994. The lowest BCUT2D eigenvalue weighted by Gasteiger charge is -2.33. The summed E-state index contributed by atoms with van der Waals surface area (Å²) in [5.41, 5.74) is 1.60. The molecule has 2 N–H and O–H groups in total. The number of amides is 2. The highest BCUT2D eigenvalue weighted by atomic mass is 16.5. The minimum absolute atomic E-state index is 0.138. The quantitative estimate of drug-likeness (QED) is 0.825. The number of nitrogens with one attached hydrogen (secondary N) is 1. The largest absolute Gasteiger partial charge is 0.480 e. The molecule has 1 fully saturated rings. The van der Waals surface area contributed by atoms with Crippen molar-refractivity contribution in [2.75, 3.05) is 11.9 Å². The number of carboxylic acids is 1. The first-order chi connectivity index (χ1) is 13.5. The summed E-state index contributed by atoms with van der Waals surface area (Å²) >= 11 is 0. The third-order valence-electron chi connectivity index (χ3n) is 4.62. The second-order valence-electron chi connectivity index (χ2n) is 6.62. The van der Waals surface area contributed by atoms with E-state index in [4.69, 9.17) is 4.74 Å². The number of piperidine rings is 1. The summed E-state index contributed by atoms with van der Waals surface area (Å²) in [7, 11) is 0. The highest BCUT2D eigenvalue weighted by molar-refractivity contribution is 5.98. The molecule has 1 unspecified atom stereocenters. The van der Waals surface area contributed by atoms with Crippen LogP contribution in [0.1, 0.15) is 35.2 Å². The molecule has 0 bridgehead atoms. The second kappa shape index (κ2) is 9.03. The number of benzene rings is 2. The van der Waals surface area contributed by atoms with Gasteiger partial charge < -0.3 is 14.7 Å². The molecule has 1 aliphatic heterocycles. The van der Waals surface area contributed by atoms with Gasteiger partial charge in [0.25, 0.3) is 5.91 Å². The van der Waals surface area contributed by atoms with E-state index in [9.17, 15) is 19.5 Å². The number of hydrogen-bond donors (Lipinski definition) is 2. The maximum atomic E-state index is 12.8. The normalized spacial score (nSPS) is 16.3. The fraction of sp³-hybridized carbons (Fsp3) is 0.286. The first kappa shape index (κ1) is 19.4. The van der Waals surface area contributed by atoms with Gasteiger partial charge in [-0.2, -0.15) is 0 Å². The van der Waals surface area contributed by atoms with Crippen LogP contribution in [-0.4, -0.2) is 40.6 Å². The van der Waals surface area contributed by atoms with Gasteiger partial charge in [0, 0.05) is 17.8 Å². The highest BCUT2D eigenvalue weighted by Crippen LogP contribution is 2.21. The van der Waals surface area contributed by atoms with Gasteiger partial charge >= 0.3 is 12.1 Å². The Morgan fingerprint density at radius 3 is 2.61 bits per heavy atom. The summed E-state index contributed by atoms with van der Waals surface area (Å²) in [6.07, 6.45) is 1.38. The zero-order chi connectivity index (χ0) is 19.9. The molecule has 2 aromatic carbocycles. The van der Waals surface area contributed by atoms with E-state index in [-0.39, 0.29) is 12.5 Å². The molecule has 7 nitrogen and oxygen atoms in total. The van der Waals surface area contributed by atoms with E-state index in [1.54, 1.807) is 18.2 Å². The van der Waals surface area contributed by atoms with E-state index in [0.717, 1.165) is 18.4 Å². The van der Waals surface area contributed by atoms with Crippen LogP contribution < -0.4 is 5.32 Å². The van der Waals surface area contributed by atoms with Crippen LogP contribution in [0.15, 0.2) is 54.6 Å². The van der Waals surface area contributed by atoms with E-state index in [2.05, 4.69) is 5.32 Å². The maximum Gasteiger partial charge on any atom is 0.411 e. The number of rotatable bonds is 5. The molecule has 1 aliphatic rings. The van der Waals surface area contributed by atoms with Gasteiger partial charge in [-0.3, -0.25) is 10.1 Å². The predicted octanol–water partition coefficient (Wildman–Crippen LogP) is 3.51. The summed E-state index contributed by atoms with van der Waals surface area (Å²) in [6, 6.07) is 14.9. The van der Waals surface area contributed by atoms with Gasteiger partial charge in [-0.1, -0.05) is 36.4 Å². The smallest absolute Gasteiger partial charge is 0.411 e. The number of hydrogen-bond acceptors (Lipinski definition) is 4. The molecule has 2 amide bonds. The summed E-state index contributed by atoms with van der Waals surface area (Å²) in [5, 5.41) is 12.0. The van der Waals surface area contributed by atoms with Crippen molar-refractivity contribution in [3.63, 3.8) is 0 Å². The molecule has 0 spiro atoms. The molecule has 1 heterocycles. The maximum absolute atomic E-state index is 12.8. The number of carbonyl (C=O) groups excluding carboxylic acids is 2. The third-order valence-corrected chi connectivity index (χ3v) is 4.62. The lowest BCUT2D eigenvalue weighted by atomic mass is 10.0. The van der Waals surface area contributed by atoms with Crippen molar-refractivity contribution in [1.82, 2.24) is 4.90 Å². The lowest BCUT2D eigenvalue weighted by molar-refractivity contribution is -0.143. The highest BCUT2D eigenvalue weighted by Gasteiger charge is 2.32. The number of carbonyl (C=O) groups is 3. The number of carboxylic acid groups (broad SMARTS) is 1. The molecule has 2 aromatic rings. The van der Waals surface area contributed by atoms with Crippen LogP contribution in [-0.2, 0) is 16.1 Å². The van der Waals surface area contributed by atoms with Crippen LogP contribution in [0.25, 0.3) is 0 Å². The Kier molecular flexibility index (Phi) is 6.26. The Morgan fingerprint density at radius 2 is 1.86 bits per heavy atom. The van der Waals surface area contributed by atoms with E-state index in [1.165, 1.54) is 11.0 Å². The van der Waals surface area contributed by atoms with Gasteiger partial charge in [0.15, 0.2) is 0 Å². The van der Waals surface area contributed by atoms with Crippen molar-refractivity contribution in [3.8, 4) is 0 Å². The van der Waals surface area contributed by atoms with Crippen molar-refractivity contribution < 1.29 is 24.2 Å². The van der Waals surface area contributed by atoms with Gasteiger partial charge in [-0.05, 0) is 43.0 Å². The summed E-state index contributed by atoms with van der Waals surface area (Å²) in [4.78, 5) is 37.6. The first-order valence-electron chi connectivity index (χ1n) is 9.16. The lowest BCUT2D eigenvalue weighted by Crippen LogP contribution is -2.48. The molecular formula is C21H22N2O5. The zero-order valence-electron chi connectivity index (χ0n) is 15.3. The SMILES string of the molecule is O=C(Nc1cccc(C(=O)N2CCCCC2C(=O)O)c1)OCc1ccccc1. The predicted molar refractivity (Wildman–Crippen MR) is 103 cm³/mol. The molecule has 1 saturated heterocycles. The first-order valence-corrected chi connectivity index (χ1v) is 9.16. The van der Waals surface area contributed by atoms with Crippen molar-refractivity contribution in [3.05, 3.63) is 65.7 Å². The minimum Gasteiger partial charge on any atom is -0.480 e. The molecule has 28 heavy (non-hydrogen) atoms. The number of anilines is 1. The van der Waals surface area contributed by atoms with Crippen LogP contribution >= 0.6 is 0 Å². The molecule has 7 heteroatoms. The Labute approximate surface area is 162 Å². The summed E-state index contributed by atoms with van der Waals surface area (Å²) in [6.45, 7) is 0.548. The molecule has 0 aliphatic carbocycles. The second-order valence-corrected chi connectivity index (χ2v) is 6.62. The fourth-order valence-electron chi connectivity index (χ4n) is 3.20. The van der Waals surface area contributed by atoms with Crippen molar-refractivity contribution in [1.29, 1.82) is 0 Å². The van der Waals surface area contributed by atoms with Gasteiger partial charge in [0.1, 0.15) is 12.6 Å². The molecule has 3 rings (SSSR count). The van der Waals surface area contributed by atoms with Gasteiger partial charge in [-0.25, -0.2) is 9.59 Å². The Hall–Kier alpha value is -3.35. The molecule has 0 saturated carbocycles. The van der Waals surface area contributed by atoms with Crippen LogP contribution in [0, 0.1) is 0 Å². The van der Waals surface area contributed by atoms with Gasteiger partial charge in [0.2, 0.25) is 0 Å². The van der Waals surface area contributed by atoms with Crippen molar-refractivity contribution >= 4 is 23.7 Å². The van der Waals surface area contributed by atoms with E-state index in [1.807, 2.05) is 30.3 Å². The van der Waals surface area contributed by atoms with E-state index < -0.39 is 18.1 Å². The van der Waals surface area contributed by atoms with Gasteiger partial charge in [0.05, 0.1) is 0 Å². The average molecular weight is 382 g/mol. The zero-order valence-corrected chi connectivity index (χ0v) is 15.3. The molecule has 0 radical (unpaired) electrons. The van der Waals surface area contributed by atoms with Gasteiger partial charge in [-0.15, -0.1) is 0 Å². The van der Waals surface area contributed by atoms with E-state index >= 15 is 0 Å². The Bertz CT molecular complexity index is 853. The number of aliphatic carboxylic acids is 1. The van der Waals surface area contributed by atoms with E-state index in [0.29, 0.717) is 24.2 Å². The van der Waals surface area contributed by atoms with Crippen LogP contribution in [0.3, 0.4) is 0 Å². The van der Waals surface area contributed by atoms with Crippen LogP contribution in [0.4, 0.5) is 10.5 Å². The standard InChI is InChI=1S/C21H22N2O5/c24-19(23-12-5-4-11-18(23)20(25)26)16-9-6-10-17(13-16)22-21(27)28-14-15-7-2-1-3-8-15/h1-3,6-10,13,18H,4-5,11-12,14H2,(H,22,27)(H,25,26). The Morgan fingerprint density at radius 1 is 1.07 bits per heavy atom. The van der Waals surface area contributed by atoms with Crippen molar-refractivity contribution in [2.24, 2.45) is 0 Å². The Balaban J connectivity index is 1.63. The fourth-order valence-corrected chi connectivity index (χ4v) is 3.20. The topological polar surface area (TPSA) is 95.9 Å². The average Bonchev–Trinajstić information content (AvgIpc) is 2.72. The molecule has 1 atom stereocenters. The summed E-state index contributed by atoms with van der Waals surface area (Å²) in [5.74, 6) is -1.35. The van der Waals surface area contributed by atoms with Crippen molar-refractivity contribution in [2.45, 2.75) is 31.9 Å². The third kappa shape index (κ3) is 4.88. The van der Waals surface area contributed by atoms with Crippen LogP contribution in [0.2, 0.25) is 0 Å². The molecule has 0 aromatic heterocycles. The monoisotopic (exact) mass is 382 g/mol. The molecule has 146 valence electrons. The number of ether oxygens (including phenoxy) is 1. The molecular weight excluding hydrogens is 360 g/mol.